The van der Waals surface area contributed by atoms with Gasteiger partial charge in [0, 0.05) is 26.6 Å². The van der Waals surface area contributed by atoms with Gasteiger partial charge in [-0.25, -0.2) is 9.48 Å². The first-order valence-electron chi connectivity index (χ1n) is 8.77. The van der Waals surface area contributed by atoms with Crippen molar-refractivity contribution in [3.63, 3.8) is 0 Å². The maximum absolute atomic E-state index is 12.5. The molecule has 0 bridgehead atoms. The molecule has 2 aromatic rings. The maximum atomic E-state index is 12.5. The zero-order valence-corrected chi connectivity index (χ0v) is 14.3. The monoisotopic (exact) mass is 342 g/mol. The smallest absolute Gasteiger partial charge is 0.345 e. The number of ether oxygens (including phenoxy) is 1. The van der Waals surface area contributed by atoms with Crippen molar-refractivity contribution in [2.75, 3.05) is 6.61 Å². The Labute approximate surface area is 145 Å². The first-order valence-corrected chi connectivity index (χ1v) is 8.77. The number of nitrogens with one attached hydrogen (secondary N) is 1. The second-order valence-corrected chi connectivity index (χ2v) is 6.78. The van der Waals surface area contributed by atoms with E-state index in [1.807, 2.05) is 12.1 Å². The first-order chi connectivity index (χ1) is 12.1. The minimum atomic E-state index is -0.185. The van der Waals surface area contributed by atoms with E-state index in [2.05, 4.69) is 16.5 Å². The lowest BCUT2D eigenvalue weighted by atomic mass is 9.98. The Morgan fingerprint density at radius 1 is 1.40 bits per heavy atom. The molecular formula is C18H22N4O3. The zero-order valence-electron chi connectivity index (χ0n) is 14.3. The Kier molecular flexibility index (Phi) is 4.07. The van der Waals surface area contributed by atoms with E-state index in [0.717, 1.165) is 43.0 Å². The van der Waals surface area contributed by atoms with Crippen LogP contribution >= 0.6 is 0 Å². The van der Waals surface area contributed by atoms with Gasteiger partial charge in [0.05, 0.1) is 12.5 Å². The molecule has 4 rings (SSSR count). The molecule has 0 saturated carbocycles. The summed E-state index contributed by atoms with van der Waals surface area (Å²) in [5.41, 5.74) is 2.14. The molecule has 132 valence electrons. The molecule has 1 atom stereocenters. The Balaban J connectivity index is 1.40. The molecule has 1 N–H and O–H groups in total. The van der Waals surface area contributed by atoms with Crippen LogP contribution in [0.5, 0.6) is 5.75 Å². The minimum absolute atomic E-state index is 0.00428. The van der Waals surface area contributed by atoms with Gasteiger partial charge in [0.25, 0.3) is 0 Å². The van der Waals surface area contributed by atoms with Crippen molar-refractivity contribution >= 4 is 5.91 Å². The average molecular weight is 342 g/mol. The van der Waals surface area contributed by atoms with Crippen molar-refractivity contribution in [1.29, 1.82) is 0 Å². The Bertz CT molecular complexity index is 868. The number of carbonyl (C=O) groups excluding carboxylic acids is 1. The van der Waals surface area contributed by atoms with Crippen molar-refractivity contribution in [2.45, 2.75) is 38.8 Å². The fourth-order valence-corrected chi connectivity index (χ4v) is 3.61. The van der Waals surface area contributed by atoms with Crippen LogP contribution in [-0.4, -0.2) is 26.9 Å². The summed E-state index contributed by atoms with van der Waals surface area (Å²) < 4.78 is 8.57. The number of aromatic nitrogens is 3. The summed E-state index contributed by atoms with van der Waals surface area (Å²) in [5, 5.41) is 7.21. The van der Waals surface area contributed by atoms with Gasteiger partial charge in [0.15, 0.2) is 0 Å². The van der Waals surface area contributed by atoms with Crippen molar-refractivity contribution in [3.8, 4) is 5.75 Å². The van der Waals surface area contributed by atoms with E-state index in [1.165, 1.54) is 10.2 Å². The molecule has 7 nitrogen and oxygen atoms in total. The van der Waals surface area contributed by atoms with E-state index in [4.69, 9.17) is 4.74 Å². The molecule has 7 heteroatoms. The number of benzene rings is 1. The molecule has 1 amide bonds. The van der Waals surface area contributed by atoms with E-state index < -0.39 is 0 Å². The van der Waals surface area contributed by atoms with E-state index in [1.54, 1.807) is 11.6 Å². The summed E-state index contributed by atoms with van der Waals surface area (Å²) in [7, 11) is 1.64. The number of aryl methyl sites for hydroxylation is 3. The van der Waals surface area contributed by atoms with Crippen LogP contribution in [0.3, 0.4) is 0 Å². The number of rotatable bonds is 3. The molecule has 2 aliphatic rings. The third-order valence-electron chi connectivity index (χ3n) is 5.01. The second kappa shape index (κ2) is 6.38. The number of amides is 1. The lowest BCUT2D eigenvalue weighted by Crippen LogP contribution is -2.38. The van der Waals surface area contributed by atoms with Gasteiger partial charge in [-0.15, -0.1) is 0 Å². The lowest BCUT2D eigenvalue weighted by Gasteiger charge is -2.22. The van der Waals surface area contributed by atoms with Crippen LogP contribution in [0.1, 0.15) is 29.8 Å². The van der Waals surface area contributed by atoms with Crippen LogP contribution in [0.2, 0.25) is 0 Å². The van der Waals surface area contributed by atoms with Crippen LogP contribution in [-0.2, 0) is 37.8 Å². The van der Waals surface area contributed by atoms with E-state index in [0.29, 0.717) is 19.5 Å². The number of fused-ring (bicyclic) bond motifs is 2. The van der Waals surface area contributed by atoms with Gasteiger partial charge >= 0.3 is 5.69 Å². The Hall–Kier alpha value is -2.57. The number of carbonyl (C=O) groups is 1. The van der Waals surface area contributed by atoms with Gasteiger partial charge in [0.1, 0.15) is 11.6 Å². The fourth-order valence-electron chi connectivity index (χ4n) is 3.61. The SMILES string of the molecule is Cn1nc2n(c1=O)CC(C(=O)NCc1ccc3c(c1)CCCO3)CC2. The van der Waals surface area contributed by atoms with E-state index in [9.17, 15) is 9.59 Å². The number of hydrogen-bond acceptors (Lipinski definition) is 4. The van der Waals surface area contributed by atoms with E-state index in [-0.39, 0.29) is 17.5 Å². The molecule has 1 aromatic carbocycles. The fraction of sp³-hybridized carbons (Fsp3) is 0.500. The molecule has 1 aromatic heterocycles. The predicted octanol–water partition coefficient (Wildman–Crippen LogP) is 0.786. The van der Waals surface area contributed by atoms with Crippen molar-refractivity contribution in [2.24, 2.45) is 13.0 Å². The first kappa shape index (κ1) is 15.9. The van der Waals surface area contributed by atoms with Crippen LogP contribution in [0, 0.1) is 5.92 Å². The number of hydrogen-bond donors (Lipinski definition) is 1. The molecule has 25 heavy (non-hydrogen) atoms. The molecule has 2 aliphatic heterocycles. The average Bonchev–Trinajstić information content (AvgIpc) is 2.93. The van der Waals surface area contributed by atoms with Gasteiger partial charge in [-0.2, -0.15) is 5.10 Å². The standard InChI is InChI=1S/C18H22N4O3/c1-21-18(24)22-11-14(5-7-16(22)20-21)17(23)19-10-12-4-6-15-13(9-12)3-2-8-25-15/h4,6,9,14H,2-3,5,7-8,10-11H2,1H3,(H,19,23). The zero-order chi connectivity index (χ0) is 17.4. The lowest BCUT2D eigenvalue weighted by molar-refractivity contribution is -0.126. The molecule has 1 unspecified atom stereocenters. The molecule has 0 fully saturated rings. The summed E-state index contributed by atoms with van der Waals surface area (Å²) in [4.78, 5) is 24.5. The summed E-state index contributed by atoms with van der Waals surface area (Å²) in [6.07, 6.45) is 3.43. The topological polar surface area (TPSA) is 78.2 Å². The predicted molar refractivity (Wildman–Crippen MR) is 91.4 cm³/mol. The molecule has 0 spiro atoms. The normalized spacial score (nSPS) is 18.8. The van der Waals surface area contributed by atoms with Crippen molar-refractivity contribution in [3.05, 3.63) is 45.6 Å². The molecule has 3 heterocycles. The summed E-state index contributed by atoms with van der Waals surface area (Å²) >= 11 is 0. The maximum Gasteiger partial charge on any atom is 0.345 e. The second-order valence-electron chi connectivity index (χ2n) is 6.78. The highest BCUT2D eigenvalue weighted by Gasteiger charge is 2.27. The third-order valence-corrected chi connectivity index (χ3v) is 5.01. The molecule has 0 radical (unpaired) electrons. The Morgan fingerprint density at radius 3 is 3.16 bits per heavy atom. The summed E-state index contributed by atoms with van der Waals surface area (Å²) in [6, 6.07) is 6.09. The summed E-state index contributed by atoms with van der Waals surface area (Å²) in [6.45, 7) is 1.68. The van der Waals surface area contributed by atoms with Gasteiger partial charge in [-0.1, -0.05) is 12.1 Å². The van der Waals surface area contributed by atoms with Gasteiger partial charge in [-0.3, -0.25) is 9.36 Å². The van der Waals surface area contributed by atoms with Gasteiger partial charge in [0.2, 0.25) is 5.91 Å². The molecule has 0 aliphatic carbocycles. The van der Waals surface area contributed by atoms with Crippen LogP contribution < -0.4 is 15.7 Å². The van der Waals surface area contributed by atoms with Crippen molar-refractivity contribution in [1.82, 2.24) is 19.7 Å². The highest BCUT2D eigenvalue weighted by atomic mass is 16.5. The Morgan fingerprint density at radius 2 is 2.28 bits per heavy atom. The van der Waals surface area contributed by atoms with Crippen LogP contribution in [0.25, 0.3) is 0 Å². The molecular weight excluding hydrogens is 320 g/mol. The molecule has 0 saturated heterocycles. The third kappa shape index (κ3) is 3.06. The quantitative estimate of drug-likeness (QED) is 0.894. The van der Waals surface area contributed by atoms with Gasteiger partial charge < -0.3 is 10.1 Å². The van der Waals surface area contributed by atoms with Crippen LogP contribution in [0.4, 0.5) is 0 Å². The largest absolute Gasteiger partial charge is 0.493 e. The number of nitrogens with zero attached hydrogens (tertiary/aromatic N) is 3. The van der Waals surface area contributed by atoms with Crippen LogP contribution in [0.15, 0.2) is 23.0 Å². The van der Waals surface area contributed by atoms with Crippen molar-refractivity contribution < 1.29 is 9.53 Å². The highest BCUT2D eigenvalue weighted by Crippen LogP contribution is 2.25. The van der Waals surface area contributed by atoms with E-state index >= 15 is 0 Å². The van der Waals surface area contributed by atoms with Gasteiger partial charge in [-0.05, 0) is 36.5 Å². The minimum Gasteiger partial charge on any atom is -0.493 e. The highest BCUT2D eigenvalue weighted by molar-refractivity contribution is 5.78. The summed E-state index contributed by atoms with van der Waals surface area (Å²) in [5.74, 6) is 1.54.